The molecule has 0 aromatic heterocycles. The molecule has 0 spiro atoms. The zero-order valence-electron chi connectivity index (χ0n) is 11.5. The van der Waals surface area contributed by atoms with Crippen molar-refractivity contribution in [2.24, 2.45) is 0 Å². The van der Waals surface area contributed by atoms with Crippen LogP contribution in [0.25, 0.3) is 0 Å². The van der Waals surface area contributed by atoms with Crippen molar-refractivity contribution < 1.29 is 9.84 Å². The predicted octanol–water partition coefficient (Wildman–Crippen LogP) is 2.39. The second-order valence-corrected chi connectivity index (χ2v) is 5.73. The maximum Gasteiger partial charge on any atom is 0.119 e. The number of hydrogen-bond acceptors (Lipinski definition) is 3. The first-order valence-corrected chi connectivity index (χ1v) is 6.63. The van der Waals surface area contributed by atoms with Crippen LogP contribution < -0.4 is 4.74 Å². The van der Waals surface area contributed by atoms with Gasteiger partial charge in [-0.2, -0.15) is 0 Å². The lowest BCUT2D eigenvalue weighted by Gasteiger charge is -2.30. The highest BCUT2D eigenvalue weighted by molar-refractivity contribution is 5.30. The van der Waals surface area contributed by atoms with E-state index < -0.39 is 5.60 Å². The lowest BCUT2D eigenvalue weighted by molar-refractivity contribution is 0.0782. The minimum Gasteiger partial charge on any atom is -0.489 e. The second kappa shape index (κ2) is 5.29. The molecule has 100 valence electrons. The Morgan fingerprint density at radius 3 is 2.50 bits per heavy atom. The van der Waals surface area contributed by atoms with Crippen LogP contribution in [0.2, 0.25) is 0 Å². The minimum absolute atomic E-state index is 0.289. The Hall–Kier alpha value is -1.06. The summed E-state index contributed by atoms with van der Waals surface area (Å²) < 4.78 is 5.97. The Kier molecular flexibility index (Phi) is 3.93. The SMILES string of the molecule is CN1CCCC(Oc2ccc(C(C)(C)O)cc2)C1. The van der Waals surface area contributed by atoms with E-state index in [2.05, 4.69) is 11.9 Å². The Bertz CT molecular complexity index is 380. The van der Waals surface area contributed by atoms with Gasteiger partial charge in [-0.3, -0.25) is 0 Å². The quantitative estimate of drug-likeness (QED) is 0.893. The third-order valence-corrected chi connectivity index (χ3v) is 3.44. The molecule has 2 rings (SSSR count). The van der Waals surface area contributed by atoms with Crippen molar-refractivity contribution in [3.8, 4) is 5.75 Å². The van der Waals surface area contributed by atoms with Crippen LogP contribution in [0.15, 0.2) is 24.3 Å². The fourth-order valence-corrected chi connectivity index (χ4v) is 2.35. The topological polar surface area (TPSA) is 32.7 Å². The first-order chi connectivity index (χ1) is 8.45. The first kappa shape index (κ1) is 13.4. The van der Waals surface area contributed by atoms with Gasteiger partial charge in [-0.1, -0.05) is 12.1 Å². The number of rotatable bonds is 3. The van der Waals surface area contributed by atoms with Gasteiger partial charge in [0.2, 0.25) is 0 Å². The van der Waals surface area contributed by atoms with Gasteiger partial charge < -0.3 is 14.7 Å². The maximum atomic E-state index is 9.89. The van der Waals surface area contributed by atoms with E-state index in [0.717, 1.165) is 30.8 Å². The summed E-state index contributed by atoms with van der Waals surface area (Å²) >= 11 is 0. The average Bonchev–Trinajstić information content (AvgIpc) is 2.28. The first-order valence-electron chi connectivity index (χ1n) is 6.63. The fraction of sp³-hybridized carbons (Fsp3) is 0.600. The smallest absolute Gasteiger partial charge is 0.119 e. The molecule has 1 aliphatic heterocycles. The lowest BCUT2D eigenvalue weighted by atomic mass is 9.98. The van der Waals surface area contributed by atoms with Crippen LogP contribution in [-0.2, 0) is 5.60 Å². The van der Waals surface area contributed by atoms with Gasteiger partial charge in [0.15, 0.2) is 0 Å². The number of nitrogens with zero attached hydrogens (tertiary/aromatic N) is 1. The Morgan fingerprint density at radius 2 is 1.94 bits per heavy atom. The van der Waals surface area contributed by atoms with Gasteiger partial charge in [0.25, 0.3) is 0 Å². The molecule has 3 nitrogen and oxygen atoms in total. The van der Waals surface area contributed by atoms with Crippen molar-refractivity contribution in [1.29, 1.82) is 0 Å². The summed E-state index contributed by atoms with van der Waals surface area (Å²) in [5.41, 5.74) is 0.124. The van der Waals surface area contributed by atoms with Gasteiger partial charge >= 0.3 is 0 Å². The summed E-state index contributed by atoms with van der Waals surface area (Å²) in [5.74, 6) is 0.892. The summed E-state index contributed by atoms with van der Waals surface area (Å²) in [4.78, 5) is 2.30. The van der Waals surface area contributed by atoms with Crippen molar-refractivity contribution >= 4 is 0 Å². The van der Waals surface area contributed by atoms with Crippen molar-refractivity contribution in [1.82, 2.24) is 4.90 Å². The number of piperidine rings is 1. The number of aliphatic hydroxyl groups is 1. The van der Waals surface area contributed by atoms with E-state index in [4.69, 9.17) is 4.74 Å². The molecule has 0 aliphatic carbocycles. The van der Waals surface area contributed by atoms with E-state index >= 15 is 0 Å². The fourth-order valence-electron chi connectivity index (χ4n) is 2.35. The highest BCUT2D eigenvalue weighted by atomic mass is 16.5. The van der Waals surface area contributed by atoms with Gasteiger partial charge in [0, 0.05) is 6.54 Å². The summed E-state index contributed by atoms with van der Waals surface area (Å²) in [6, 6.07) is 7.76. The molecule has 1 heterocycles. The van der Waals surface area contributed by atoms with Crippen LogP contribution >= 0.6 is 0 Å². The highest BCUT2D eigenvalue weighted by Gasteiger charge is 2.19. The molecule has 18 heavy (non-hydrogen) atoms. The number of ether oxygens (including phenoxy) is 1. The van der Waals surface area contributed by atoms with Crippen molar-refractivity contribution in [3.63, 3.8) is 0 Å². The van der Waals surface area contributed by atoms with Gasteiger partial charge in [0.05, 0.1) is 5.60 Å². The van der Waals surface area contributed by atoms with E-state index in [9.17, 15) is 5.11 Å². The highest BCUT2D eigenvalue weighted by Crippen LogP contribution is 2.24. The van der Waals surface area contributed by atoms with Crippen LogP contribution in [0.4, 0.5) is 0 Å². The van der Waals surface area contributed by atoms with Gasteiger partial charge in [-0.05, 0) is 58.0 Å². The number of likely N-dealkylation sites (N-methyl/N-ethyl adjacent to an activating group) is 1. The van der Waals surface area contributed by atoms with Crippen LogP contribution in [0.5, 0.6) is 5.75 Å². The molecule has 1 aromatic carbocycles. The predicted molar refractivity (Wildman–Crippen MR) is 72.8 cm³/mol. The molecule has 0 radical (unpaired) electrons. The number of likely N-dealkylation sites (tertiary alicyclic amines) is 1. The van der Waals surface area contributed by atoms with E-state index in [1.165, 1.54) is 6.42 Å². The largest absolute Gasteiger partial charge is 0.489 e. The van der Waals surface area contributed by atoms with Crippen molar-refractivity contribution in [2.75, 3.05) is 20.1 Å². The summed E-state index contributed by atoms with van der Waals surface area (Å²) in [6.45, 7) is 5.74. The van der Waals surface area contributed by atoms with E-state index in [1.807, 2.05) is 24.3 Å². The molecule has 1 atom stereocenters. The molecule has 1 aliphatic rings. The van der Waals surface area contributed by atoms with Crippen molar-refractivity contribution in [3.05, 3.63) is 29.8 Å². The standard InChI is InChI=1S/C15H23NO2/c1-15(2,17)12-6-8-13(9-7-12)18-14-5-4-10-16(3)11-14/h6-9,14,17H,4-5,10-11H2,1-3H3. The lowest BCUT2D eigenvalue weighted by Crippen LogP contribution is -2.38. The second-order valence-electron chi connectivity index (χ2n) is 5.73. The Balaban J connectivity index is 1.98. The minimum atomic E-state index is -0.788. The van der Waals surface area contributed by atoms with Crippen LogP contribution in [0.3, 0.4) is 0 Å². The summed E-state index contributed by atoms with van der Waals surface area (Å²) in [7, 11) is 2.13. The normalized spacial score (nSPS) is 21.9. The van der Waals surface area contributed by atoms with Crippen molar-refractivity contribution in [2.45, 2.75) is 38.4 Å². The molecule has 0 amide bonds. The monoisotopic (exact) mass is 249 g/mol. The van der Waals surface area contributed by atoms with Crippen LogP contribution in [-0.4, -0.2) is 36.2 Å². The van der Waals surface area contributed by atoms with Crippen LogP contribution in [0, 0.1) is 0 Å². The molecule has 3 heteroatoms. The average molecular weight is 249 g/mol. The third kappa shape index (κ3) is 3.47. The Morgan fingerprint density at radius 1 is 1.28 bits per heavy atom. The molecule has 1 aromatic rings. The van der Waals surface area contributed by atoms with E-state index in [1.54, 1.807) is 13.8 Å². The molecular formula is C15H23NO2. The molecule has 0 saturated carbocycles. The maximum absolute atomic E-state index is 9.89. The summed E-state index contributed by atoms with van der Waals surface area (Å²) in [5, 5.41) is 9.89. The zero-order chi connectivity index (χ0) is 13.2. The number of benzene rings is 1. The molecule has 1 fully saturated rings. The molecular weight excluding hydrogens is 226 g/mol. The van der Waals surface area contributed by atoms with Gasteiger partial charge in [-0.25, -0.2) is 0 Å². The summed E-state index contributed by atoms with van der Waals surface area (Å²) in [6.07, 6.45) is 2.61. The molecule has 1 unspecified atom stereocenters. The number of hydrogen-bond donors (Lipinski definition) is 1. The van der Waals surface area contributed by atoms with E-state index in [0.29, 0.717) is 0 Å². The van der Waals surface area contributed by atoms with Gasteiger partial charge in [-0.15, -0.1) is 0 Å². The van der Waals surface area contributed by atoms with Crippen LogP contribution in [0.1, 0.15) is 32.3 Å². The molecule has 1 N–H and O–H groups in total. The van der Waals surface area contributed by atoms with Gasteiger partial charge in [0.1, 0.15) is 11.9 Å². The molecule has 0 bridgehead atoms. The molecule has 1 saturated heterocycles. The zero-order valence-corrected chi connectivity index (χ0v) is 11.5. The Labute approximate surface area is 109 Å². The third-order valence-electron chi connectivity index (χ3n) is 3.44. The van der Waals surface area contributed by atoms with E-state index in [-0.39, 0.29) is 6.10 Å².